The number of amides is 1. The van der Waals surface area contributed by atoms with Crippen molar-refractivity contribution in [3.8, 4) is 28.4 Å². The molecule has 30 heavy (non-hydrogen) atoms. The summed E-state index contributed by atoms with van der Waals surface area (Å²) in [7, 11) is 3.27. The molecule has 0 spiro atoms. The van der Waals surface area contributed by atoms with Gasteiger partial charge in [-0.1, -0.05) is 50.1 Å². The van der Waals surface area contributed by atoms with Gasteiger partial charge in [0.05, 0.1) is 31.2 Å². The van der Waals surface area contributed by atoms with Gasteiger partial charge in [0.2, 0.25) is 0 Å². The predicted octanol–water partition coefficient (Wildman–Crippen LogP) is 5.39. The highest BCUT2D eigenvalue weighted by molar-refractivity contribution is 5.97. The third kappa shape index (κ3) is 4.51. The second-order valence-corrected chi connectivity index (χ2v) is 7.23. The second-order valence-electron chi connectivity index (χ2n) is 7.23. The van der Waals surface area contributed by atoms with Crippen LogP contribution in [0.25, 0.3) is 16.9 Å². The summed E-state index contributed by atoms with van der Waals surface area (Å²) in [6.07, 6.45) is 3.22. The monoisotopic (exact) mass is 406 g/mol. The molecule has 0 aliphatic rings. The number of benzene rings is 2. The van der Waals surface area contributed by atoms with Crippen molar-refractivity contribution in [1.82, 2.24) is 9.88 Å². The zero-order valence-electron chi connectivity index (χ0n) is 18.2. The minimum Gasteiger partial charge on any atom is -0.497 e. The molecule has 1 aromatic heterocycles. The fourth-order valence-electron chi connectivity index (χ4n) is 3.61. The Kier molecular flexibility index (Phi) is 7.17. The van der Waals surface area contributed by atoms with Crippen LogP contribution in [-0.2, 0) is 0 Å². The molecule has 1 N–H and O–H groups in total. The normalized spacial score (nSPS) is 10.7. The first-order valence-corrected chi connectivity index (χ1v) is 10.4. The van der Waals surface area contributed by atoms with Gasteiger partial charge >= 0.3 is 0 Å². The van der Waals surface area contributed by atoms with E-state index >= 15 is 0 Å². The topological polar surface area (TPSA) is 52.5 Å². The molecule has 1 heterocycles. The maximum absolute atomic E-state index is 12.9. The first-order valence-electron chi connectivity index (χ1n) is 10.4. The van der Waals surface area contributed by atoms with Crippen LogP contribution in [0, 0.1) is 6.92 Å². The lowest BCUT2D eigenvalue weighted by molar-refractivity contribution is 0.0952. The van der Waals surface area contributed by atoms with Crippen LogP contribution in [0.2, 0.25) is 0 Å². The molecule has 2 aromatic carbocycles. The van der Waals surface area contributed by atoms with E-state index in [1.165, 1.54) is 0 Å². The molecular weight excluding hydrogens is 376 g/mol. The van der Waals surface area contributed by atoms with Gasteiger partial charge < -0.3 is 19.4 Å². The molecular formula is C25H30N2O3. The first-order chi connectivity index (χ1) is 14.6. The van der Waals surface area contributed by atoms with Crippen molar-refractivity contribution in [1.29, 1.82) is 0 Å². The number of hydrogen-bond acceptors (Lipinski definition) is 3. The highest BCUT2D eigenvalue weighted by atomic mass is 16.5. The molecule has 0 bridgehead atoms. The number of unbranched alkanes of at least 4 members (excludes halogenated alkanes) is 2. The molecule has 0 radical (unpaired) electrons. The fraction of sp³-hybridized carbons (Fsp3) is 0.320. The van der Waals surface area contributed by atoms with Crippen LogP contribution in [0.4, 0.5) is 0 Å². The molecule has 0 fully saturated rings. The summed E-state index contributed by atoms with van der Waals surface area (Å²) in [6.45, 7) is 4.81. The van der Waals surface area contributed by atoms with Crippen LogP contribution in [0.3, 0.4) is 0 Å². The Balaban J connectivity index is 2.10. The van der Waals surface area contributed by atoms with E-state index in [2.05, 4.69) is 16.8 Å². The number of carbonyl (C=O) groups excluding carboxylic acids is 1. The third-order valence-corrected chi connectivity index (χ3v) is 5.26. The molecule has 5 nitrogen and oxygen atoms in total. The molecule has 1 amide bonds. The van der Waals surface area contributed by atoms with Gasteiger partial charge in [-0.05, 0) is 37.1 Å². The SMILES string of the molecule is CCCCCNC(=O)c1cc(-c2ccccc2)n(-c2ccc(OC)cc2OC)c1C. The lowest BCUT2D eigenvalue weighted by Crippen LogP contribution is -2.24. The smallest absolute Gasteiger partial charge is 0.253 e. The molecule has 0 unspecified atom stereocenters. The Hall–Kier alpha value is -3.21. The Labute approximate surface area is 178 Å². The number of hydrogen-bond donors (Lipinski definition) is 1. The van der Waals surface area contributed by atoms with Crippen LogP contribution >= 0.6 is 0 Å². The molecule has 3 aromatic rings. The van der Waals surface area contributed by atoms with Gasteiger partial charge in [0.15, 0.2) is 0 Å². The Morgan fingerprint density at radius 3 is 2.43 bits per heavy atom. The standard InChI is InChI=1S/C25H30N2O3/c1-5-6-10-15-26-25(28)21-17-23(19-11-8-7-9-12-19)27(18(21)2)22-14-13-20(29-3)16-24(22)30-4/h7-9,11-14,16-17H,5-6,10,15H2,1-4H3,(H,26,28). The summed E-state index contributed by atoms with van der Waals surface area (Å²) in [5, 5.41) is 3.06. The van der Waals surface area contributed by atoms with Crippen molar-refractivity contribution in [3.63, 3.8) is 0 Å². The van der Waals surface area contributed by atoms with E-state index in [4.69, 9.17) is 9.47 Å². The summed E-state index contributed by atoms with van der Waals surface area (Å²) in [5.41, 5.74) is 4.37. The number of nitrogens with zero attached hydrogens (tertiary/aromatic N) is 1. The summed E-state index contributed by atoms with van der Waals surface area (Å²) < 4.78 is 13.1. The minimum absolute atomic E-state index is 0.0491. The zero-order valence-corrected chi connectivity index (χ0v) is 18.2. The molecule has 0 aliphatic carbocycles. The molecule has 0 saturated heterocycles. The highest BCUT2D eigenvalue weighted by Gasteiger charge is 2.21. The largest absolute Gasteiger partial charge is 0.497 e. The van der Waals surface area contributed by atoms with Gasteiger partial charge in [-0.2, -0.15) is 0 Å². The van der Waals surface area contributed by atoms with Crippen molar-refractivity contribution in [2.75, 3.05) is 20.8 Å². The lowest BCUT2D eigenvalue weighted by Gasteiger charge is -2.16. The van der Waals surface area contributed by atoms with Crippen LogP contribution in [0.1, 0.15) is 42.2 Å². The number of rotatable bonds is 9. The third-order valence-electron chi connectivity index (χ3n) is 5.26. The number of aromatic nitrogens is 1. The number of methoxy groups -OCH3 is 2. The number of carbonyl (C=O) groups is 1. The Morgan fingerprint density at radius 2 is 1.77 bits per heavy atom. The van der Waals surface area contributed by atoms with E-state index in [9.17, 15) is 4.79 Å². The summed E-state index contributed by atoms with van der Waals surface area (Å²) in [5.74, 6) is 1.35. The van der Waals surface area contributed by atoms with Gasteiger partial charge in [0, 0.05) is 18.3 Å². The second kappa shape index (κ2) is 10.0. The highest BCUT2D eigenvalue weighted by Crippen LogP contribution is 2.35. The van der Waals surface area contributed by atoms with Gasteiger partial charge in [-0.15, -0.1) is 0 Å². The predicted molar refractivity (Wildman–Crippen MR) is 121 cm³/mol. The number of ether oxygens (including phenoxy) is 2. The van der Waals surface area contributed by atoms with E-state index in [1.807, 2.05) is 61.5 Å². The molecule has 0 saturated carbocycles. The van der Waals surface area contributed by atoms with E-state index in [0.29, 0.717) is 17.9 Å². The van der Waals surface area contributed by atoms with Crippen molar-refractivity contribution in [2.24, 2.45) is 0 Å². The van der Waals surface area contributed by atoms with Crippen molar-refractivity contribution in [2.45, 2.75) is 33.1 Å². The lowest BCUT2D eigenvalue weighted by atomic mass is 10.1. The molecule has 3 rings (SSSR count). The van der Waals surface area contributed by atoms with Crippen LogP contribution in [0.5, 0.6) is 11.5 Å². The van der Waals surface area contributed by atoms with Crippen molar-refractivity contribution < 1.29 is 14.3 Å². The Bertz CT molecular complexity index is 993. The van der Waals surface area contributed by atoms with Crippen molar-refractivity contribution in [3.05, 3.63) is 65.9 Å². The summed E-state index contributed by atoms with van der Waals surface area (Å²) >= 11 is 0. The average molecular weight is 407 g/mol. The van der Waals surface area contributed by atoms with E-state index in [0.717, 1.165) is 47.7 Å². The van der Waals surface area contributed by atoms with Crippen LogP contribution in [0.15, 0.2) is 54.6 Å². The van der Waals surface area contributed by atoms with Gasteiger partial charge in [0.1, 0.15) is 11.5 Å². The fourth-order valence-corrected chi connectivity index (χ4v) is 3.61. The van der Waals surface area contributed by atoms with Gasteiger partial charge in [-0.25, -0.2) is 0 Å². The quantitative estimate of drug-likeness (QED) is 0.485. The molecule has 0 aliphatic heterocycles. The van der Waals surface area contributed by atoms with E-state index in [-0.39, 0.29) is 5.91 Å². The van der Waals surface area contributed by atoms with Crippen LogP contribution < -0.4 is 14.8 Å². The first kappa shape index (κ1) is 21.5. The Morgan fingerprint density at radius 1 is 1.00 bits per heavy atom. The summed E-state index contributed by atoms with van der Waals surface area (Å²) in [4.78, 5) is 12.9. The average Bonchev–Trinajstić information content (AvgIpc) is 3.13. The van der Waals surface area contributed by atoms with Crippen molar-refractivity contribution >= 4 is 5.91 Å². The molecule has 0 atom stereocenters. The minimum atomic E-state index is -0.0491. The maximum atomic E-state index is 12.9. The molecule has 158 valence electrons. The summed E-state index contributed by atoms with van der Waals surface area (Å²) in [6, 6.07) is 17.7. The number of nitrogens with one attached hydrogen (secondary N) is 1. The van der Waals surface area contributed by atoms with Gasteiger partial charge in [-0.3, -0.25) is 4.79 Å². The van der Waals surface area contributed by atoms with Crippen LogP contribution in [-0.4, -0.2) is 31.2 Å². The maximum Gasteiger partial charge on any atom is 0.253 e. The van der Waals surface area contributed by atoms with Gasteiger partial charge in [0.25, 0.3) is 5.91 Å². The molecule has 5 heteroatoms. The zero-order chi connectivity index (χ0) is 21.5. The van der Waals surface area contributed by atoms with E-state index in [1.54, 1.807) is 14.2 Å². The van der Waals surface area contributed by atoms with E-state index < -0.39 is 0 Å².